The molecule has 1 amide bonds. The number of carbonyl (C=O) groups excluding carboxylic acids is 1. The van der Waals surface area contributed by atoms with Crippen molar-refractivity contribution < 1.29 is 22.7 Å². The maximum Gasteiger partial charge on any atom is 0.416 e. The van der Waals surface area contributed by atoms with Crippen LogP contribution >= 0.6 is 11.3 Å². The van der Waals surface area contributed by atoms with E-state index in [2.05, 4.69) is 5.32 Å². The third-order valence-electron chi connectivity index (χ3n) is 5.27. The fourth-order valence-corrected chi connectivity index (χ4v) is 4.83. The molecule has 0 saturated heterocycles. The number of alkyl halides is 3. The number of benzene rings is 3. The summed E-state index contributed by atoms with van der Waals surface area (Å²) in [5, 5.41) is 3.84. The van der Waals surface area contributed by atoms with Crippen LogP contribution in [0.3, 0.4) is 0 Å². The van der Waals surface area contributed by atoms with E-state index < -0.39 is 11.7 Å². The van der Waals surface area contributed by atoms with E-state index >= 15 is 0 Å². The molecule has 4 aromatic rings. The zero-order chi connectivity index (χ0) is 23.4. The topological polar surface area (TPSA) is 38.3 Å². The predicted octanol–water partition coefficient (Wildman–Crippen LogP) is 6.55. The number of fused-ring (bicyclic) bond motifs is 1. The Hall–Kier alpha value is -3.16. The van der Waals surface area contributed by atoms with Crippen LogP contribution in [0.15, 0.2) is 72.8 Å². The molecule has 3 nitrogen and oxygen atoms in total. The summed E-state index contributed by atoms with van der Waals surface area (Å²) >= 11 is 1.56. The number of hydrogen-bond donors (Lipinski definition) is 1. The van der Waals surface area contributed by atoms with Gasteiger partial charge in [-0.25, -0.2) is 0 Å². The summed E-state index contributed by atoms with van der Waals surface area (Å²) in [5.74, 6) is -0.170. The van der Waals surface area contributed by atoms with E-state index in [4.69, 9.17) is 4.74 Å². The maximum atomic E-state index is 13.1. The van der Waals surface area contributed by atoms with Crippen LogP contribution in [0.5, 0.6) is 0 Å². The number of halogens is 3. The van der Waals surface area contributed by atoms with Crippen molar-refractivity contribution in [2.24, 2.45) is 0 Å². The van der Waals surface area contributed by atoms with Crippen molar-refractivity contribution in [1.82, 2.24) is 5.32 Å². The lowest BCUT2D eigenvalue weighted by atomic mass is 9.99. The highest BCUT2D eigenvalue weighted by molar-refractivity contribution is 7.19. The van der Waals surface area contributed by atoms with Crippen molar-refractivity contribution in [3.05, 3.63) is 94.4 Å². The number of carbonyl (C=O) groups is 1. The second-order valence-electron chi connectivity index (χ2n) is 7.63. The molecule has 0 unspecified atom stereocenters. The Morgan fingerprint density at radius 2 is 1.79 bits per heavy atom. The molecule has 1 N–H and O–H groups in total. The molecule has 1 heterocycles. The zero-order valence-corrected chi connectivity index (χ0v) is 18.7. The lowest BCUT2D eigenvalue weighted by molar-refractivity contribution is -0.137. The molecule has 1 aromatic heterocycles. The molecule has 7 heteroatoms. The van der Waals surface area contributed by atoms with E-state index in [-0.39, 0.29) is 5.91 Å². The molecule has 3 aromatic carbocycles. The summed E-state index contributed by atoms with van der Waals surface area (Å²) in [6, 6.07) is 20.8. The molecule has 0 bridgehead atoms. The minimum Gasteiger partial charge on any atom is -0.383 e. The molecule has 0 atom stereocenters. The molecule has 0 aliphatic carbocycles. The first-order valence-corrected chi connectivity index (χ1v) is 11.2. The first kappa shape index (κ1) is 23.0. The Labute approximate surface area is 193 Å². The summed E-state index contributed by atoms with van der Waals surface area (Å²) in [4.78, 5) is 13.4. The molecule has 0 saturated carbocycles. The number of hydrogen-bond acceptors (Lipinski definition) is 3. The van der Waals surface area contributed by atoms with E-state index in [9.17, 15) is 18.0 Å². The average Bonchev–Trinajstić information content (AvgIpc) is 3.21. The standard InChI is InChI=1S/C26H22F3NO2S/c1-32-12-11-30-25(31)19-7-3-6-18(15-19)22-9-4-10-24-23(22)16-21(33-24)14-17-5-2-8-20(13-17)26(27,28)29/h2-10,13,15-16H,11-12,14H2,1H3,(H,30,31). The zero-order valence-electron chi connectivity index (χ0n) is 17.9. The average molecular weight is 470 g/mol. The first-order chi connectivity index (χ1) is 15.8. The van der Waals surface area contributed by atoms with Crippen molar-refractivity contribution in [2.75, 3.05) is 20.3 Å². The smallest absolute Gasteiger partial charge is 0.383 e. The number of rotatable bonds is 7. The van der Waals surface area contributed by atoms with Gasteiger partial charge in [-0.15, -0.1) is 11.3 Å². The number of thiophene rings is 1. The fraction of sp³-hybridized carbons (Fsp3) is 0.192. The number of methoxy groups -OCH3 is 1. The van der Waals surface area contributed by atoms with E-state index in [0.717, 1.165) is 32.2 Å². The van der Waals surface area contributed by atoms with Crippen LogP contribution in [0, 0.1) is 0 Å². The Kier molecular flexibility index (Phi) is 6.81. The van der Waals surface area contributed by atoms with Crippen molar-refractivity contribution in [3.8, 4) is 11.1 Å². The lowest BCUT2D eigenvalue weighted by Crippen LogP contribution is -2.26. The van der Waals surface area contributed by atoms with Gasteiger partial charge >= 0.3 is 6.18 Å². The molecule has 0 aliphatic rings. The van der Waals surface area contributed by atoms with Gasteiger partial charge in [-0.1, -0.05) is 42.5 Å². The molecule has 0 aliphatic heterocycles. The van der Waals surface area contributed by atoms with Gasteiger partial charge in [0.1, 0.15) is 0 Å². The summed E-state index contributed by atoms with van der Waals surface area (Å²) in [5.41, 5.74) is 2.42. The van der Waals surface area contributed by atoms with Crippen LogP contribution in [0.4, 0.5) is 13.2 Å². The number of amides is 1. The highest BCUT2D eigenvalue weighted by Crippen LogP contribution is 2.36. The van der Waals surface area contributed by atoms with Crippen LogP contribution in [0.1, 0.15) is 26.4 Å². The molecule has 33 heavy (non-hydrogen) atoms. The van der Waals surface area contributed by atoms with Gasteiger partial charge in [0.2, 0.25) is 0 Å². The van der Waals surface area contributed by atoms with Gasteiger partial charge in [-0.2, -0.15) is 13.2 Å². The predicted molar refractivity (Wildman–Crippen MR) is 126 cm³/mol. The third kappa shape index (κ3) is 5.43. The van der Waals surface area contributed by atoms with Crippen LogP contribution in [-0.2, 0) is 17.3 Å². The SMILES string of the molecule is COCCNC(=O)c1cccc(-c2cccc3sc(Cc4cccc(C(F)(F)F)c4)cc23)c1. The van der Waals surface area contributed by atoms with Crippen molar-refractivity contribution in [2.45, 2.75) is 12.6 Å². The summed E-state index contributed by atoms with van der Waals surface area (Å²) in [7, 11) is 1.58. The second kappa shape index (κ2) is 9.77. The van der Waals surface area contributed by atoms with E-state index in [1.54, 1.807) is 30.6 Å². The highest BCUT2D eigenvalue weighted by atomic mass is 32.1. The normalized spacial score (nSPS) is 11.6. The highest BCUT2D eigenvalue weighted by Gasteiger charge is 2.30. The van der Waals surface area contributed by atoms with Gasteiger partial charge in [0.25, 0.3) is 5.91 Å². The molecule has 0 radical (unpaired) electrons. The Bertz CT molecular complexity index is 1280. The minimum absolute atomic E-state index is 0.170. The van der Waals surface area contributed by atoms with Crippen molar-refractivity contribution >= 4 is 27.3 Å². The van der Waals surface area contributed by atoms with Gasteiger partial charge in [0.05, 0.1) is 12.2 Å². The molecule has 4 rings (SSSR count). The third-order valence-corrected chi connectivity index (χ3v) is 6.37. The first-order valence-electron chi connectivity index (χ1n) is 10.4. The van der Waals surface area contributed by atoms with Gasteiger partial charge in [-0.05, 0) is 47.0 Å². The summed E-state index contributed by atoms with van der Waals surface area (Å²) < 4.78 is 45.2. The van der Waals surface area contributed by atoms with Crippen LogP contribution in [-0.4, -0.2) is 26.2 Å². The van der Waals surface area contributed by atoms with Crippen LogP contribution in [0.2, 0.25) is 0 Å². The fourth-order valence-electron chi connectivity index (χ4n) is 3.71. The van der Waals surface area contributed by atoms with Gasteiger partial charge in [-0.3, -0.25) is 4.79 Å². The van der Waals surface area contributed by atoms with Crippen LogP contribution in [0.25, 0.3) is 21.2 Å². The summed E-state index contributed by atoms with van der Waals surface area (Å²) in [6.45, 7) is 0.868. The van der Waals surface area contributed by atoms with Gasteiger partial charge in [0, 0.05) is 40.6 Å². The van der Waals surface area contributed by atoms with Gasteiger partial charge in [0.15, 0.2) is 0 Å². The molecular formula is C26H22F3NO2S. The Morgan fingerprint density at radius 1 is 1.00 bits per heavy atom. The Balaban J connectivity index is 1.63. The van der Waals surface area contributed by atoms with Crippen LogP contribution < -0.4 is 5.32 Å². The van der Waals surface area contributed by atoms with Crippen molar-refractivity contribution in [3.63, 3.8) is 0 Å². The lowest BCUT2D eigenvalue weighted by Gasteiger charge is -2.08. The number of ether oxygens (including phenoxy) is 1. The second-order valence-corrected chi connectivity index (χ2v) is 8.80. The number of nitrogens with one attached hydrogen (secondary N) is 1. The maximum absolute atomic E-state index is 13.1. The molecular weight excluding hydrogens is 447 g/mol. The Morgan fingerprint density at radius 3 is 2.58 bits per heavy atom. The van der Waals surface area contributed by atoms with Crippen molar-refractivity contribution in [1.29, 1.82) is 0 Å². The van der Waals surface area contributed by atoms with E-state index in [0.29, 0.717) is 30.7 Å². The summed E-state index contributed by atoms with van der Waals surface area (Å²) in [6.07, 6.45) is -3.94. The molecule has 170 valence electrons. The molecule has 0 spiro atoms. The van der Waals surface area contributed by atoms with E-state index in [1.807, 2.05) is 42.5 Å². The minimum atomic E-state index is -4.36. The van der Waals surface area contributed by atoms with Gasteiger partial charge < -0.3 is 10.1 Å². The van der Waals surface area contributed by atoms with E-state index in [1.165, 1.54) is 12.1 Å². The monoisotopic (exact) mass is 469 g/mol. The molecule has 0 fully saturated rings. The largest absolute Gasteiger partial charge is 0.416 e. The quantitative estimate of drug-likeness (QED) is 0.312.